The number of thiophene rings is 1. The second-order valence-electron chi connectivity index (χ2n) is 14.0. The Morgan fingerprint density at radius 1 is 1.25 bits per heavy atom. The van der Waals surface area contributed by atoms with Gasteiger partial charge in [-0.25, -0.2) is 4.98 Å². The zero-order chi connectivity index (χ0) is 34.1. The van der Waals surface area contributed by atoms with Crippen LogP contribution in [0.3, 0.4) is 0 Å². The number of aryl methyl sites for hydroxylation is 1. The third-order valence-corrected chi connectivity index (χ3v) is 12.2. The van der Waals surface area contributed by atoms with E-state index >= 15 is 0 Å². The van der Waals surface area contributed by atoms with Crippen LogP contribution in [0.4, 0.5) is 5.00 Å². The van der Waals surface area contributed by atoms with Crippen LogP contribution in [0.25, 0.3) is 0 Å². The number of likely N-dealkylation sites (N-methyl/N-ethyl adjacent to an activating group) is 1. The van der Waals surface area contributed by atoms with Crippen LogP contribution in [0, 0.1) is 11.3 Å². The molecule has 0 aromatic carbocycles. The number of ketones is 1. The predicted octanol–water partition coefficient (Wildman–Crippen LogP) is 4.89. The second kappa shape index (κ2) is 14.8. The Hall–Kier alpha value is -3.08. The van der Waals surface area contributed by atoms with Gasteiger partial charge in [0.2, 0.25) is 17.5 Å². The summed E-state index contributed by atoms with van der Waals surface area (Å²) < 4.78 is 17.9. The third kappa shape index (κ3) is 6.60. The topological polar surface area (TPSA) is 153 Å². The lowest BCUT2D eigenvalue weighted by molar-refractivity contribution is -0.0735. The van der Waals surface area contributed by atoms with Crippen LogP contribution in [-0.4, -0.2) is 90.3 Å². The largest absolute Gasteiger partial charge is 0.473 e. The van der Waals surface area contributed by atoms with Crippen molar-refractivity contribution in [1.82, 2.24) is 19.8 Å². The van der Waals surface area contributed by atoms with Gasteiger partial charge in [0.1, 0.15) is 17.2 Å². The van der Waals surface area contributed by atoms with Gasteiger partial charge < -0.3 is 25.7 Å². The fourth-order valence-corrected chi connectivity index (χ4v) is 9.18. The minimum atomic E-state index is -0.268. The van der Waals surface area contributed by atoms with E-state index in [2.05, 4.69) is 36.8 Å². The number of Topliss-reactive ketones (excluding diaryl/α,β-unsaturated/α-hetero) is 1. The molecule has 2 saturated heterocycles. The maximum atomic E-state index is 14.6. The predicted molar refractivity (Wildman–Crippen MR) is 186 cm³/mol. The molecule has 260 valence electrons. The lowest BCUT2D eigenvalue weighted by Crippen LogP contribution is -2.52. The van der Waals surface area contributed by atoms with Gasteiger partial charge in [-0.05, 0) is 71.4 Å². The summed E-state index contributed by atoms with van der Waals surface area (Å²) in [5.41, 5.74) is 17.5. The van der Waals surface area contributed by atoms with Crippen LogP contribution in [0.1, 0.15) is 115 Å². The van der Waals surface area contributed by atoms with E-state index in [1.54, 1.807) is 7.11 Å². The Morgan fingerprint density at radius 3 is 2.69 bits per heavy atom. The summed E-state index contributed by atoms with van der Waals surface area (Å²) in [6, 6.07) is 3.36. The molecule has 0 amide bonds. The first-order chi connectivity index (χ1) is 23.2. The fraction of sp³-hybridized carbons (Fsp3) is 0.667. The number of hydrogen-bond donors (Lipinski definition) is 2. The van der Waals surface area contributed by atoms with E-state index in [0.29, 0.717) is 72.6 Å². The molecular weight excluding hydrogens is 627 g/mol. The maximum absolute atomic E-state index is 14.6. The molecule has 0 saturated carbocycles. The summed E-state index contributed by atoms with van der Waals surface area (Å²) in [7, 11) is 3.87. The van der Waals surface area contributed by atoms with Crippen molar-refractivity contribution in [3.63, 3.8) is 0 Å². The van der Waals surface area contributed by atoms with Gasteiger partial charge in [0.25, 0.3) is 0 Å². The van der Waals surface area contributed by atoms with Gasteiger partial charge >= 0.3 is 0 Å². The normalized spacial score (nSPS) is 25.8. The fourth-order valence-electron chi connectivity index (χ4n) is 8.06. The highest BCUT2D eigenvalue weighted by atomic mass is 32.1. The highest BCUT2D eigenvalue weighted by Crippen LogP contribution is 2.45. The first kappa shape index (κ1) is 34.8. The van der Waals surface area contributed by atoms with Crippen LogP contribution >= 0.6 is 11.3 Å². The molecule has 2 fully saturated rings. The summed E-state index contributed by atoms with van der Waals surface area (Å²) in [5, 5.41) is 10.5. The number of nitrogens with zero attached hydrogens (tertiary/aromatic N) is 5. The zero-order valence-electron chi connectivity index (χ0n) is 29.1. The molecule has 12 heteroatoms. The van der Waals surface area contributed by atoms with Gasteiger partial charge in [-0.15, -0.1) is 11.3 Å². The number of allylic oxidation sites excluding steroid dienone is 2. The number of methoxy groups -OCH3 is 1. The minimum Gasteiger partial charge on any atom is -0.473 e. The van der Waals surface area contributed by atoms with Gasteiger partial charge in [-0.1, -0.05) is 13.3 Å². The molecule has 4 N–H and O–H groups in total. The van der Waals surface area contributed by atoms with Crippen molar-refractivity contribution in [1.29, 1.82) is 5.26 Å². The molecule has 0 radical (unpaired) electrons. The van der Waals surface area contributed by atoms with Crippen LogP contribution in [0.2, 0.25) is 0 Å². The Morgan fingerprint density at radius 2 is 2.04 bits per heavy atom. The summed E-state index contributed by atoms with van der Waals surface area (Å²) in [6.45, 7) is 9.83. The number of nitrogen functional groups attached to an aromatic ring is 1. The molecular formula is C36H51N7O4S. The Kier molecular flexibility index (Phi) is 10.7. The number of nitrogens with two attached hydrogens (primary N) is 2. The number of anilines is 1. The summed E-state index contributed by atoms with van der Waals surface area (Å²) in [4.78, 5) is 30.6. The van der Waals surface area contributed by atoms with Crippen molar-refractivity contribution < 1.29 is 19.0 Å². The van der Waals surface area contributed by atoms with Crippen LogP contribution in [0.5, 0.6) is 5.88 Å². The number of likely N-dealkylation sites (tertiary alicyclic amines) is 1. The van der Waals surface area contributed by atoms with E-state index in [-0.39, 0.29) is 35.6 Å². The Balaban J connectivity index is 1.43. The molecule has 2 aromatic heterocycles. The van der Waals surface area contributed by atoms with Crippen molar-refractivity contribution in [3.05, 3.63) is 44.4 Å². The van der Waals surface area contributed by atoms with Crippen molar-refractivity contribution in [2.45, 2.75) is 115 Å². The summed E-state index contributed by atoms with van der Waals surface area (Å²) in [6.07, 6.45) is 6.54. The van der Waals surface area contributed by atoms with E-state index in [9.17, 15) is 10.1 Å². The average molecular weight is 678 g/mol. The number of nitriles is 1. The number of carbonyl (C=O) groups excluding carboxylic acids is 1. The van der Waals surface area contributed by atoms with Crippen LogP contribution in [-0.2, 0) is 22.4 Å². The number of ether oxygens (including phenoxy) is 3. The standard InChI is InChI=1S/C36H51N7O4S/c1-6-8-25(31(38)24-9-7-10-29-30(24)26(15-37)34(39)48-29)33(44)35-40-32-22(13-14-45-5)16-43(23-18-46-19-23)17-27(32)36(41-35)47-21(3)28-12-11-20(2)42(28)4/h20-24,28H,6-14,16-19,38-39H2,1-5H3/b31-25-/t20?,21?,22-,24-,28-/m0/s1. The van der Waals surface area contributed by atoms with Gasteiger partial charge in [-0.3, -0.25) is 14.6 Å². The molecule has 4 aliphatic rings. The molecule has 0 bridgehead atoms. The minimum absolute atomic E-state index is 0.0412. The maximum Gasteiger partial charge on any atom is 0.228 e. The van der Waals surface area contributed by atoms with E-state index < -0.39 is 0 Å². The number of carbonyl (C=O) groups is 1. The zero-order valence-corrected chi connectivity index (χ0v) is 29.9. The number of fused-ring (bicyclic) bond motifs is 2. The Labute approximate surface area is 288 Å². The highest BCUT2D eigenvalue weighted by Gasteiger charge is 2.39. The molecule has 2 aromatic rings. The molecule has 2 unspecified atom stereocenters. The van der Waals surface area contributed by atoms with Gasteiger partial charge in [-0.2, -0.15) is 10.2 Å². The summed E-state index contributed by atoms with van der Waals surface area (Å²) in [5.74, 6) is 0.140. The number of hydrogen-bond acceptors (Lipinski definition) is 12. The van der Waals surface area contributed by atoms with Crippen molar-refractivity contribution in [2.75, 3.05) is 46.3 Å². The molecule has 0 spiro atoms. The van der Waals surface area contributed by atoms with Crippen molar-refractivity contribution in [2.24, 2.45) is 5.73 Å². The monoisotopic (exact) mass is 677 g/mol. The van der Waals surface area contributed by atoms with Gasteiger partial charge in [0, 0.05) is 66.9 Å². The lowest BCUT2D eigenvalue weighted by atomic mass is 9.80. The first-order valence-electron chi connectivity index (χ1n) is 17.6. The molecule has 1 aliphatic carbocycles. The van der Waals surface area contributed by atoms with E-state index in [1.807, 2.05) is 6.92 Å². The molecule has 6 rings (SSSR count). The SMILES string of the molecule is CCC/C(C(=O)c1nc(OC(C)[C@@H]2CCC(C)N2C)c2c(n1)[C@@H](CCOC)CN(C1COC1)C2)=C(/N)[C@H]1CCCc2sc(N)c(C#N)c21. The van der Waals surface area contributed by atoms with Crippen LogP contribution < -0.4 is 16.2 Å². The van der Waals surface area contributed by atoms with Crippen LogP contribution in [0.15, 0.2) is 11.3 Å². The molecule has 5 heterocycles. The second-order valence-corrected chi connectivity index (χ2v) is 15.2. The van der Waals surface area contributed by atoms with Crippen molar-refractivity contribution in [3.8, 4) is 11.9 Å². The molecule has 5 atom stereocenters. The Bertz CT molecular complexity index is 1580. The molecule has 3 aliphatic heterocycles. The first-order valence-corrected chi connectivity index (χ1v) is 18.4. The average Bonchev–Trinajstić information content (AvgIpc) is 3.57. The third-order valence-electron chi connectivity index (χ3n) is 11.1. The quantitative estimate of drug-likeness (QED) is 0.233. The molecule has 11 nitrogen and oxygen atoms in total. The van der Waals surface area contributed by atoms with E-state index in [4.69, 9.17) is 35.6 Å². The number of aromatic nitrogens is 2. The molecule has 48 heavy (non-hydrogen) atoms. The van der Waals surface area contributed by atoms with Gasteiger partial charge in [0.15, 0.2) is 0 Å². The van der Waals surface area contributed by atoms with Crippen molar-refractivity contribution >= 4 is 22.1 Å². The highest BCUT2D eigenvalue weighted by molar-refractivity contribution is 7.16. The van der Waals surface area contributed by atoms with Gasteiger partial charge in [0.05, 0.1) is 36.1 Å². The summed E-state index contributed by atoms with van der Waals surface area (Å²) >= 11 is 1.47. The van der Waals surface area contributed by atoms with E-state index in [0.717, 1.165) is 73.2 Å². The number of rotatable bonds is 12. The smallest absolute Gasteiger partial charge is 0.228 e. The lowest BCUT2D eigenvalue weighted by Gasteiger charge is -2.42. The van der Waals surface area contributed by atoms with E-state index in [1.165, 1.54) is 11.3 Å².